The van der Waals surface area contributed by atoms with Gasteiger partial charge in [-0.15, -0.1) is 0 Å². The van der Waals surface area contributed by atoms with E-state index in [2.05, 4.69) is 5.32 Å². The Morgan fingerprint density at radius 3 is 2.71 bits per heavy atom. The minimum absolute atomic E-state index is 0.0190. The summed E-state index contributed by atoms with van der Waals surface area (Å²) >= 11 is 0. The fourth-order valence-corrected chi connectivity index (χ4v) is 5.58. The number of hydrogen-bond donors (Lipinski definition) is 1. The van der Waals surface area contributed by atoms with Crippen LogP contribution < -0.4 is 14.8 Å². The smallest absolute Gasteiger partial charge is 0.269 e. The van der Waals surface area contributed by atoms with Crippen molar-refractivity contribution < 1.29 is 27.5 Å². The van der Waals surface area contributed by atoms with Gasteiger partial charge in [0, 0.05) is 31.0 Å². The van der Waals surface area contributed by atoms with Gasteiger partial charge in [0.2, 0.25) is 5.91 Å². The van der Waals surface area contributed by atoms with Gasteiger partial charge in [0.1, 0.15) is 22.0 Å². The van der Waals surface area contributed by atoms with E-state index in [9.17, 15) is 18.0 Å². The highest BCUT2D eigenvalue weighted by Crippen LogP contribution is 2.41. The van der Waals surface area contributed by atoms with Gasteiger partial charge in [0.25, 0.3) is 15.9 Å². The molecular formula is C22H24N2O6S. The first kappa shape index (κ1) is 21.2. The maximum absolute atomic E-state index is 12.7. The highest BCUT2D eigenvalue weighted by molar-refractivity contribution is 7.90. The van der Waals surface area contributed by atoms with Crippen molar-refractivity contribution in [2.75, 3.05) is 13.7 Å². The zero-order chi connectivity index (χ0) is 22.4. The molecule has 2 aliphatic heterocycles. The van der Waals surface area contributed by atoms with E-state index in [4.69, 9.17) is 9.47 Å². The second-order valence-electron chi connectivity index (χ2n) is 8.22. The molecule has 2 aliphatic rings. The third kappa shape index (κ3) is 3.85. The van der Waals surface area contributed by atoms with E-state index < -0.39 is 21.5 Å². The summed E-state index contributed by atoms with van der Waals surface area (Å²) in [6, 6.07) is 11.2. The predicted molar refractivity (Wildman–Crippen MR) is 112 cm³/mol. The van der Waals surface area contributed by atoms with Crippen LogP contribution >= 0.6 is 0 Å². The van der Waals surface area contributed by atoms with Gasteiger partial charge in [0.15, 0.2) is 0 Å². The minimum Gasteiger partial charge on any atom is -0.497 e. The first-order valence-corrected chi connectivity index (χ1v) is 11.4. The van der Waals surface area contributed by atoms with Crippen molar-refractivity contribution in [2.45, 2.75) is 43.2 Å². The highest BCUT2D eigenvalue weighted by Gasteiger charge is 2.41. The maximum atomic E-state index is 12.7. The molecular weight excluding hydrogens is 420 g/mol. The van der Waals surface area contributed by atoms with Gasteiger partial charge in [0.05, 0.1) is 18.7 Å². The summed E-state index contributed by atoms with van der Waals surface area (Å²) in [5.74, 6) is 0.337. The van der Waals surface area contributed by atoms with Crippen LogP contribution in [0.5, 0.6) is 11.5 Å². The molecule has 8 nitrogen and oxygen atoms in total. The number of nitrogens with zero attached hydrogens (tertiary/aromatic N) is 1. The molecule has 164 valence electrons. The van der Waals surface area contributed by atoms with Crippen LogP contribution in [0.2, 0.25) is 0 Å². The molecule has 1 N–H and O–H groups in total. The van der Waals surface area contributed by atoms with E-state index in [1.807, 2.05) is 19.9 Å². The van der Waals surface area contributed by atoms with Crippen LogP contribution in [0.4, 0.5) is 0 Å². The summed E-state index contributed by atoms with van der Waals surface area (Å²) < 4.78 is 37.4. The quantitative estimate of drug-likeness (QED) is 0.761. The second-order valence-corrected chi connectivity index (χ2v) is 10.0. The number of carbonyl (C=O) groups is 2. The molecule has 2 amide bonds. The fraction of sp³-hybridized carbons (Fsp3) is 0.364. The van der Waals surface area contributed by atoms with E-state index in [1.54, 1.807) is 31.4 Å². The van der Waals surface area contributed by atoms with Gasteiger partial charge in [-0.2, -0.15) is 0 Å². The molecule has 0 bridgehead atoms. The Bertz CT molecular complexity index is 1160. The molecule has 2 aromatic rings. The second kappa shape index (κ2) is 7.56. The number of rotatable bonds is 5. The standard InChI is InChI=1S/C22H24N2O6S/c1-22(2)13-17(15-9-8-14(29-3)12-18(15)30-22)23-20(25)10-11-24-21(26)16-6-4-5-7-19(16)31(24,27)28/h4-9,12,17H,10-11,13H2,1-3H3,(H,23,25). The molecule has 2 heterocycles. The lowest BCUT2D eigenvalue weighted by Crippen LogP contribution is -2.42. The molecule has 0 fully saturated rings. The van der Waals surface area contributed by atoms with Crippen molar-refractivity contribution in [1.29, 1.82) is 0 Å². The van der Waals surface area contributed by atoms with Crippen molar-refractivity contribution in [3.05, 3.63) is 53.6 Å². The number of amides is 2. The average Bonchev–Trinajstić information content (AvgIpc) is 2.91. The number of carbonyl (C=O) groups excluding carboxylic acids is 2. The normalized spacial score (nSPS) is 20.4. The first-order valence-electron chi connectivity index (χ1n) is 9.95. The van der Waals surface area contributed by atoms with Crippen LogP contribution in [-0.2, 0) is 14.8 Å². The summed E-state index contributed by atoms with van der Waals surface area (Å²) in [4.78, 5) is 25.2. The first-order chi connectivity index (χ1) is 14.6. The lowest BCUT2D eigenvalue weighted by molar-refractivity contribution is -0.122. The molecule has 0 saturated carbocycles. The molecule has 1 atom stereocenters. The van der Waals surface area contributed by atoms with E-state index in [1.165, 1.54) is 12.1 Å². The average molecular weight is 445 g/mol. The maximum Gasteiger partial charge on any atom is 0.269 e. The van der Waals surface area contributed by atoms with Gasteiger partial charge in [-0.25, -0.2) is 12.7 Å². The number of nitrogens with one attached hydrogen (secondary N) is 1. The van der Waals surface area contributed by atoms with Gasteiger partial charge in [-0.05, 0) is 38.1 Å². The summed E-state index contributed by atoms with van der Waals surface area (Å²) in [5.41, 5.74) is 0.454. The van der Waals surface area contributed by atoms with Gasteiger partial charge in [-0.1, -0.05) is 12.1 Å². The Balaban J connectivity index is 1.47. The third-order valence-corrected chi connectivity index (χ3v) is 7.31. The molecule has 31 heavy (non-hydrogen) atoms. The number of sulfonamides is 1. The zero-order valence-corrected chi connectivity index (χ0v) is 18.4. The van der Waals surface area contributed by atoms with Gasteiger partial charge < -0.3 is 14.8 Å². The minimum atomic E-state index is -3.93. The molecule has 1 unspecified atom stereocenters. The number of methoxy groups -OCH3 is 1. The Morgan fingerprint density at radius 1 is 1.26 bits per heavy atom. The molecule has 0 aromatic heterocycles. The number of benzene rings is 2. The molecule has 4 rings (SSSR count). The largest absolute Gasteiger partial charge is 0.497 e. The molecule has 0 spiro atoms. The van der Waals surface area contributed by atoms with Crippen molar-refractivity contribution in [1.82, 2.24) is 9.62 Å². The van der Waals surface area contributed by atoms with Crippen LogP contribution in [0.25, 0.3) is 0 Å². The summed E-state index contributed by atoms with van der Waals surface area (Å²) in [6.07, 6.45) is 0.409. The SMILES string of the molecule is COc1ccc2c(c1)OC(C)(C)CC2NC(=O)CCN1C(=O)c2ccccc2S1(=O)=O. The van der Waals surface area contributed by atoms with Crippen LogP contribution in [0.3, 0.4) is 0 Å². The van der Waals surface area contributed by atoms with Crippen molar-refractivity contribution in [3.63, 3.8) is 0 Å². The lowest BCUT2D eigenvalue weighted by Gasteiger charge is -2.38. The van der Waals surface area contributed by atoms with Crippen molar-refractivity contribution in [3.8, 4) is 11.5 Å². The topological polar surface area (TPSA) is 102 Å². The highest BCUT2D eigenvalue weighted by atomic mass is 32.2. The number of fused-ring (bicyclic) bond motifs is 2. The fourth-order valence-electron chi connectivity index (χ4n) is 4.01. The van der Waals surface area contributed by atoms with E-state index >= 15 is 0 Å². The Labute approximate surface area is 181 Å². The van der Waals surface area contributed by atoms with Crippen LogP contribution in [0.1, 0.15) is 48.7 Å². The predicted octanol–water partition coefficient (Wildman–Crippen LogP) is 2.65. The van der Waals surface area contributed by atoms with Crippen LogP contribution in [-0.4, -0.2) is 43.8 Å². The van der Waals surface area contributed by atoms with E-state index in [0.29, 0.717) is 17.9 Å². The number of hydrogen-bond acceptors (Lipinski definition) is 6. The van der Waals surface area contributed by atoms with E-state index in [0.717, 1.165) is 9.87 Å². The van der Waals surface area contributed by atoms with Crippen LogP contribution in [0, 0.1) is 0 Å². The monoisotopic (exact) mass is 444 g/mol. The number of ether oxygens (including phenoxy) is 2. The van der Waals surface area contributed by atoms with Gasteiger partial charge >= 0.3 is 0 Å². The molecule has 9 heteroatoms. The molecule has 0 saturated heterocycles. The van der Waals surface area contributed by atoms with Crippen LogP contribution in [0.15, 0.2) is 47.4 Å². The summed E-state index contributed by atoms with van der Waals surface area (Å²) in [6.45, 7) is 3.65. The Morgan fingerprint density at radius 2 is 2.00 bits per heavy atom. The molecule has 0 aliphatic carbocycles. The molecule has 0 radical (unpaired) electrons. The Kier molecular flexibility index (Phi) is 5.17. The lowest BCUT2D eigenvalue weighted by atomic mass is 9.89. The zero-order valence-electron chi connectivity index (χ0n) is 17.5. The third-order valence-electron chi connectivity index (χ3n) is 5.47. The van der Waals surface area contributed by atoms with E-state index in [-0.39, 0.29) is 35.4 Å². The Hall–Kier alpha value is -3.07. The summed E-state index contributed by atoms with van der Waals surface area (Å²) in [5, 5.41) is 2.96. The van der Waals surface area contributed by atoms with Crippen molar-refractivity contribution >= 4 is 21.8 Å². The van der Waals surface area contributed by atoms with Gasteiger partial charge in [-0.3, -0.25) is 9.59 Å². The molecule has 2 aromatic carbocycles. The van der Waals surface area contributed by atoms with Crippen molar-refractivity contribution in [2.24, 2.45) is 0 Å². The summed E-state index contributed by atoms with van der Waals surface area (Å²) in [7, 11) is -2.36.